The Labute approximate surface area is 171 Å². The van der Waals surface area contributed by atoms with E-state index in [0.29, 0.717) is 24.5 Å². The van der Waals surface area contributed by atoms with Crippen molar-refractivity contribution in [3.05, 3.63) is 51.6 Å². The predicted molar refractivity (Wildman–Crippen MR) is 110 cm³/mol. The molecule has 0 bridgehead atoms. The molecule has 0 radical (unpaired) electrons. The van der Waals surface area contributed by atoms with E-state index in [1.54, 1.807) is 10.9 Å². The zero-order valence-corrected chi connectivity index (χ0v) is 17.1. The maximum atomic E-state index is 12.2. The van der Waals surface area contributed by atoms with E-state index in [2.05, 4.69) is 20.5 Å². The van der Waals surface area contributed by atoms with Crippen molar-refractivity contribution in [2.24, 2.45) is 7.05 Å². The van der Waals surface area contributed by atoms with E-state index in [0.717, 1.165) is 33.0 Å². The van der Waals surface area contributed by atoms with Gasteiger partial charge in [0, 0.05) is 29.4 Å². The van der Waals surface area contributed by atoms with Crippen LogP contribution in [0.2, 0.25) is 5.02 Å². The molecule has 1 aromatic carbocycles. The summed E-state index contributed by atoms with van der Waals surface area (Å²) in [6.45, 7) is 2.87. The Morgan fingerprint density at radius 2 is 2.07 bits per heavy atom. The highest BCUT2D eigenvalue weighted by Gasteiger charge is 2.13. The number of aromatic nitrogens is 5. The summed E-state index contributed by atoms with van der Waals surface area (Å²) in [6.07, 6.45) is 2.13. The molecule has 0 aliphatic rings. The number of thiazole rings is 1. The molecule has 0 unspecified atom stereocenters. The number of hydrogen-bond acceptors (Lipinski definition) is 5. The first kappa shape index (κ1) is 18.6. The Kier molecular flexibility index (Phi) is 5.15. The van der Waals surface area contributed by atoms with Gasteiger partial charge < -0.3 is 5.32 Å². The van der Waals surface area contributed by atoms with E-state index in [4.69, 9.17) is 11.6 Å². The van der Waals surface area contributed by atoms with Gasteiger partial charge >= 0.3 is 0 Å². The average Bonchev–Trinajstić information content (AvgIpc) is 3.38. The lowest BCUT2D eigenvalue weighted by Gasteiger charge is -2.04. The average molecular weight is 415 g/mol. The molecule has 4 rings (SSSR count). The highest BCUT2D eigenvalue weighted by atomic mass is 35.5. The highest BCUT2D eigenvalue weighted by molar-refractivity contribution is 7.09. The first-order valence-corrected chi connectivity index (χ1v) is 10.1. The van der Waals surface area contributed by atoms with E-state index in [9.17, 15) is 4.79 Å². The van der Waals surface area contributed by atoms with Crippen LogP contribution in [0.25, 0.3) is 22.3 Å². The zero-order valence-electron chi connectivity index (χ0n) is 15.5. The fourth-order valence-corrected chi connectivity index (χ4v) is 3.96. The zero-order chi connectivity index (χ0) is 19.7. The van der Waals surface area contributed by atoms with Crippen LogP contribution in [0, 0.1) is 6.92 Å². The van der Waals surface area contributed by atoms with Gasteiger partial charge in [0.25, 0.3) is 0 Å². The predicted octanol–water partition coefficient (Wildman–Crippen LogP) is 3.56. The Hall–Kier alpha value is -2.71. The molecule has 144 valence electrons. The van der Waals surface area contributed by atoms with Crippen molar-refractivity contribution < 1.29 is 4.79 Å². The summed E-state index contributed by atoms with van der Waals surface area (Å²) in [5.41, 5.74) is 4.75. The lowest BCUT2D eigenvalue weighted by atomic mass is 10.2. The van der Waals surface area contributed by atoms with E-state index < -0.39 is 0 Å². The van der Waals surface area contributed by atoms with Crippen LogP contribution in [-0.2, 0) is 24.9 Å². The minimum absolute atomic E-state index is 0.0339. The molecule has 9 heteroatoms. The molecule has 0 aliphatic heterocycles. The van der Waals surface area contributed by atoms with Crippen LogP contribution in [0.3, 0.4) is 0 Å². The maximum absolute atomic E-state index is 12.2. The molecule has 28 heavy (non-hydrogen) atoms. The molecule has 0 aliphatic carbocycles. The number of hydrogen-bond donors (Lipinski definition) is 1. The number of carbonyl (C=O) groups is 1. The highest BCUT2D eigenvalue weighted by Crippen LogP contribution is 2.23. The normalized spacial score (nSPS) is 11.2. The number of fused-ring (bicyclic) bond motifs is 1. The Morgan fingerprint density at radius 1 is 1.29 bits per heavy atom. The standard InChI is InChI=1S/C19H19ClN6OS/c1-12-19-16(25(2)24-12)9-22-26(19)8-7-17(27)21-10-18-23-15(11-28-18)13-3-5-14(20)6-4-13/h3-6,9,11H,7-8,10H2,1-2H3,(H,21,27). The largest absolute Gasteiger partial charge is 0.350 e. The van der Waals surface area contributed by atoms with Crippen molar-refractivity contribution >= 4 is 39.9 Å². The number of amides is 1. The van der Waals surface area contributed by atoms with Gasteiger partial charge in [0.1, 0.15) is 16.0 Å². The molecule has 7 nitrogen and oxygen atoms in total. The van der Waals surface area contributed by atoms with Gasteiger partial charge in [-0.15, -0.1) is 11.3 Å². The van der Waals surface area contributed by atoms with Gasteiger partial charge in [-0.2, -0.15) is 10.2 Å². The van der Waals surface area contributed by atoms with Crippen LogP contribution in [0.1, 0.15) is 17.1 Å². The van der Waals surface area contributed by atoms with Crippen molar-refractivity contribution in [3.63, 3.8) is 0 Å². The molecule has 4 aromatic rings. The van der Waals surface area contributed by atoms with Crippen molar-refractivity contribution in [2.75, 3.05) is 0 Å². The summed E-state index contributed by atoms with van der Waals surface area (Å²) in [5, 5.41) is 15.2. The molecule has 0 fully saturated rings. The summed E-state index contributed by atoms with van der Waals surface area (Å²) < 4.78 is 3.63. The van der Waals surface area contributed by atoms with Gasteiger partial charge in [-0.3, -0.25) is 14.2 Å². The minimum atomic E-state index is -0.0339. The van der Waals surface area contributed by atoms with Crippen molar-refractivity contribution in [1.29, 1.82) is 0 Å². The quantitative estimate of drug-likeness (QED) is 0.523. The Morgan fingerprint density at radius 3 is 2.86 bits per heavy atom. The summed E-state index contributed by atoms with van der Waals surface area (Å²) in [6, 6.07) is 7.55. The van der Waals surface area contributed by atoms with Gasteiger partial charge in [-0.05, 0) is 19.1 Å². The molecule has 1 N–H and O–H groups in total. The number of nitrogens with zero attached hydrogens (tertiary/aromatic N) is 5. The number of halogens is 1. The van der Waals surface area contributed by atoms with Crippen LogP contribution in [0.4, 0.5) is 0 Å². The van der Waals surface area contributed by atoms with Gasteiger partial charge in [-0.25, -0.2) is 4.98 Å². The maximum Gasteiger partial charge on any atom is 0.222 e. The fraction of sp³-hybridized carbons (Fsp3) is 0.263. The van der Waals surface area contributed by atoms with Gasteiger partial charge in [0.2, 0.25) is 5.91 Å². The van der Waals surface area contributed by atoms with Crippen LogP contribution < -0.4 is 5.32 Å². The molecular weight excluding hydrogens is 396 g/mol. The van der Waals surface area contributed by atoms with Crippen molar-refractivity contribution in [3.8, 4) is 11.3 Å². The van der Waals surface area contributed by atoms with Crippen LogP contribution >= 0.6 is 22.9 Å². The lowest BCUT2D eigenvalue weighted by molar-refractivity contribution is -0.121. The summed E-state index contributed by atoms with van der Waals surface area (Å²) >= 11 is 7.45. The first-order valence-electron chi connectivity index (χ1n) is 8.83. The van der Waals surface area contributed by atoms with Crippen molar-refractivity contribution in [1.82, 2.24) is 29.9 Å². The molecule has 0 saturated carbocycles. The van der Waals surface area contributed by atoms with Crippen molar-refractivity contribution in [2.45, 2.75) is 26.4 Å². The molecule has 3 heterocycles. The smallest absolute Gasteiger partial charge is 0.222 e. The molecule has 0 atom stereocenters. The molecule has 0 saturated heterocycles. The van der Waals surface area contributed by atoms with Gasteiger partial charge in [0.05, 0.1) is 30.7 Å². The van der Waals surface area contributed by atoms with Crippen LogP contribution in [0.15, 0.2) is 35.8 Å². The van der Waals surface area contributed by atoms with E-state index in [1.807, 2.05) is 48.3 Å². The lowest BCUT2D eigenvalue weighted by Crippen LogP contribution is -2.24. The molecule has 1 amide bonds. The summed E-state index contributed by atoms with van der Waals surface area (Å²) in [7, 11) is 1.89. The molecule has 0 spiro atoms. The second kappa shape index (κ2) is 7.73. The third-order valence-corrected chi connectivity index (χ3v) is 5.59. The second-order valence-electron chi connectivity index (χ2n) is 6.47. The van der Waals surface area contributed by atoms with E-state index in [1.165, 1.54) is 11.3 Å². The van der Waals surface area contributed by atoms with E-state index in [-0.39, 0.29) is 5.91 Å². The number of nitrogens with one attached hydrogen (secondary N) is 1. The topological polar surface area (TPSA) is 77.6 Å². The Bertz CT molecular complexity index is 1130. The first-order chi connectivity index (χ1) is 13.5. The number of aryl methyl sites for hydroxylation is 3. The van der Waals surface area contributed by atoms with E-state index >= 15 is 0 Å². The third kappa shape index (κ3) is 3.79. The number of carbonyl (C=O) groups excluding carboxylic acids is 1. The molecular formula is C19H19ClN6OS. The monoisotopic (exact) mass is 414 g/mol. The second-order valence-corrected chi connectivity index (χ2v) is 7.85. The third-order valence-electron chi connectivity index (χ3n) is 4.49. The van der Waals surface area contributed by atoms with Crippen LogP contribution in [0.5, 0.6) is 0 Å². The summed E-state index contributed by atoms with van der Waals surface area (Å²) in [5.74, 6) is -0.0339. The van der Waals surface area contributed by atoms with Gasteiger partial charge in [-0.1, -0.05) is 23.7 Å². The minimum Gasteiger partial charge on any atom is -0.350 e. The number of rotatable bonds is 6. The molecule has 3 aromatic heterocycles. The number of benzene rings is 1. The van der Waals surface area contributed by atoms with Crippen LogP contribution in [-0.4, -0.2) is 30.5 Å². The summed E-state index contributed by atoms with van der Waals surface area (Å²) in [4.78, 5) is 16.8. The SMILES string of the molecule is Cc1nn(C)c2cnn(CCC(=O)NCc3nc(-c4ccc(Cl)cc4)cs3)c12. The van der Waals surface area contributed by atoms with Gasteiger partial charge in [0.15, 0.2) is 0 Å². The Balaban J connectivity index is 1.33. The fourth-order valence-electron chi connectivity index (χ4n) is 3.10.